The molecule has 3 aromatic rings. The average molecular weight is 321 g/mol. The van der Waals surface area contributed by atoms with Crippen LogP contribution in [0.2, 0.25) is 5.02 Å². The van der Waals surface area contributed by atoms with Gasteiger partial charge < -0.3 is 4.74 Å². The second-order valence-corrected chi connectivity index (χ2v) is 5.41. The maximum atomic E-state index is 6.24. The van der Waals surface area contributed by atoms with Gasteiger partial charge in [-0.2, -0.15) is 0 Å². The summed E-state index contributed by atoms with van der Waals surface area (Å²) in [5.41, 5.74) is 3.83. The Labute approximate surface area is 133 Å². The molecule has 0 aliphatic rings. The van der Waals surface area contributed by atoms with Gasteiger partial charge in [0.15, 0.2) is 0 Å². The predicted octanol–water partition coefficient (Wildman–Crippen LogP) is 4.73. The smallest absolute Gasteiger partial charge is 0.129 e. The second-order valence-electron chi connectivity index (χ2n) is 4.74. The lowest BCUT2D eigenvalue weighted by Gasteiger charge is -2.12. The number of methoxy groups -OCH3 is 1. The van der Waals surface area contributed by atoms with Crippen molar-refractivity contribution in [2.24, 2.45) is 0 Å². The standard InChI is InChI=1S/C16H14Cl2N2O/c1-10-12(18)4-3-5-14(10)20-15-7-6-11(21-2)8-13(15)19-16(20)9-17/h3-8H,9H2,1-2H3. The minimum atomic E-state index is 0.322. The summed E-state index contributed by atoms with van der Waals surface area (Å²) in [7, 11) is 1.64. The molecule has 0 bridgehead atoms. The van der Waals surface area contributed by atoms with Crippen LogP contribution in [0.4, 0.5) is 0 Å². The van der Waals surface area contributed by atoms with Crippen LogP contribution in [0.3, 0.4) is 0 Å². The topological polar surface area (TPSA) is 27.1 Å². The Morgan fingerprint density at radius 3 is 2.76 bits per heavy atom. The molecule has 0 atom stereocenters. The molecule has 0 fully saturated rings. The van der Waals surface area contributed by atoms with Crippen molar-refractivity contribution >= 4 is 34.2 Å². The summed E-state index contributed by atoms with van der Waals surface area (Å²) >= 11 is 12.3. The molecule has 21 heavy (non-hydrogen) atoms. The number of halogens is 2. The summed E-state index contributed by atoms with van der Waals surface area (Å²) in [5, 5.41) is 0.725. The molecule has 0 saturated heterocycles. The first-order valence-electron chi connectivity index (χ1n) is 6.52. The number of nitrogens with zero attached hydrogens (tertiary/aromatic N) is 2. The van der Waals surface area contributed by atoms with Gasteiger partial charge in [-0.1, -0.05) is 17.7 Å². The molecule has 3 rings (SSSR count). The van der Waals surface area contributed by atoms with E-state index in [1.807, 2.05) is 47.9 Å². The van der Waals surface area contributed by atoms with Crippen LogP contribution in [0.15, 0.2) is 36.4 Å². The van der Waals surface area contributed by atoms with Gasteiger partial charge in [0.05, 0.1) is 29.7 Å². The number of imidazole rings is 1. The number of ether oxygens (including phenoxy) is 1. The summed E-state index contributed by atoms with van der Waals surface area (Å²) in [6.45, 7) is 1.99. The normalized spacial score (nSPS) is 11.0. The molecule has 2 aromatic carbocycles. The molecular formula is C16H14Cl2N2O. The van der Waals surface area contributed by atoms with Crippen LogP contribution in [-0.2, 0) is 5.88 Å². The summed E-state index contributed by atoms with van der Waals surface area (Å²) in [5.74, 6) is 1.88. The number of hydrogen-bond donors (Lipinski definition) is 0. The zero-order chi connectivity index (χ0) is 15.0. The first-order valence-corrected chi connectivity index (χ1v) is 7.43. The van der Waals surface area contributed by atoms with E-state index in [9.17, 15) is 0 Å². The highest BCUT2D eigenvalue weighted by Gasteiger charge is 2.14. The number of rotatable bonds is 3. The highest BCUT2D eigenvalue weighted by molar-refractivity contribution is 6.31. The average Bonchev–Trinajstić information content (AvgIpc) is 2.87. The van der Waals surface area contributed by atoms with Crippen LogP contribution in [-0.4, -0.2) is 16.7 Å². The quantitative estimate of drug-likeness (QED) is 0.652. The maximum Gasteiger partial charge on any atom is 0.129 e. The van der Waals surface area contributed by atoms with E-state index < -0.39 is 0 Å². The molecule has 0 unspecified atom stereocenters. The first-order chi connectivity index (χ1) is 10.2. The van der Waals surface area contributed by atoms with Crippen molar-refractivity contribution in [1.29, 1.82) is 0 Å². The van der Waals surface area contributed by atoms with Gasteiger partial charge in [0.25, 0.3) is 0 Å². The van der Waals surface area contributed by atoms with Crippen molar-refractivity contribution in [1.82, 2.24) is 9.55 Å². The van der Waals surface area contributed by atoms with Crippen LogP contribution >= 0.6 is 23.2 Å². The summed E-state index contributed by atoms with van der Waals surface area (Å²) < 4.78 is 7.29. The van der Waals surface area contributed by atoms with E-state index in [0.717, 1.165) is 38.9 Å². The first kappa shape index (κ1) is 14.2. The molecule has 0 amide bonds. The number of alkyl halides is 1. The van der Waals surface area contributed by atoms with Crippen molar-refractivity contribution in [3.05, 3.63) is 52.8 Å². The van der Waals surface area contributed by atoms with Gasteiger partial charge in [-0.15, -0.1) is 11.6 Å². The van der Waals surface area contributed by atoms with Gasteiger partial charge in [0.2, 0.25) is 0 Å². The highest BCUT2D eigenvalue weighted by atomic mass is 35.5. The number of aromatic nitrogens is 2. The summed E-state index contributed by atoms with van der Waals surface area (Å²) in [4.78, 5) is 4.59. The second kappa shape index (κ2) is 5.58. The third kappa shape index (κ3) is 2.37. The van der Waals surface area contributed by atoms with Gasteiger partial charge in [0.1, 0.15) is 11.6 Å². The van der Waals surface area contributed by atoms with E-state index in [1.165, 1.54) is 0 Å². The van der Waals surface area contributed by atoms with Crippen LogP contribution in [0.25, 0.3) is 16.7 Å². The molecular weight excluding hydrogens is 307 g/mol. The SMILES string of the molecule is COc1ccc2c(c1)nc(CCl)n2-c1cccc(Cl)c1C. The van der Waals surface area contributed by atoms with Crippen molar-refractivity contribution in [2.75, 3.05) is 7.11 Å². The summed E-state index contributed by atoms with van der Waals surface area (Å²) in [6.07, 6.45) is 0. The third-order valence-electron chi connectivity index (χ3n) is 3.53. The predicted molar refractivity (Wildman–Crippen MR) is 86.9 cm³/mol. The van der Waals surface area contributed by atoms with E-state index >= 15 is 0 Å². The van der Waals surface area contributed by atoms with Gasteiger partial charge in [-0.3, -0.25) is 4.57 Å². The van der Waals surface area contributed by atoms with Gasteiger partial charge in [0, 0.05) is 11.1 Å². The zero-order valence-electron chi connectivity index (χ0n) is 11.7. The highest BCUT2D eigenvalue weighted by Crippen LogP contribution is 2.29. The lowest BCUT2D eigenvalue weighted by atomic mass is 10.2. The monoisotopic (exact) mass is 320 g/mol. The molecule has 3 nitrogen and oxygen atoms in total. The number of hydrogen-bond acceptors (Lipinski definition) is 2. The Kier molecular flexibility index (Phi) is 3.79. The van der Waals surface area contributed by atoms with Crippen LogP contribution < -0.4 is 4.74 Å². The Hall–Kier alpha value is -1.71. The van der Waals surface area contributed by atoms with E-state index in [1.54, 1.807) is 7.11 Å². The van der Waals surface area contributed by atoms with Crippen molar-refractivity contribution < 1.29 is 4.74 Å². The van der Waals surface area contributed by atoms with Crippen LogP contribution in [0, 0.1) is 6.92 Å². The molecule has 0 radical (unpaired) electrons. The van der Waals surface area contributed by atoms with E-state index in [4.69, 9.17) is 27.9 Å². The molecule has 0 saturated carbocycles. The molecule has 1 heterocycles. The van der Waals surface area contributed by atoms with E-state index in [-0.39, 0.29) is 0 Å². The minimum absolute atomic E-state index is 0.322. The van der Waals surface area contributed by atoms with Crippen molar-refractivity contribution in [3.8, 4) is 11.4 Å². The molecule has 5 heteroatoms. The molecule has 108 valence electrons. The molecule has 0 spiro atoms. The van der Waals surface area contributed by atoms with Crippen molar-refractivity contribution in [2.45, 2.75) is 12.8 Å². The fourth-order valence-corrected chi connectivity index (χ4v) is 2.78. The molecule has 0 aliphatic carbocycles. The zero-order valence-corrected chi connectivity index (χ0v) is 13.2. The molecule has 0 aliphatic heterocycles. The van der Waals surface area contributed by atoms with Gasteiger partial charge >= 0.3 is 0 Å². The fraction of sp³-hybridized carbons (Fsp3) is 0.188. The van der Waals surface area contributed by atoms with Crippen molar-refractivity contribution in [3.63, 3.8) is 0 Å². The Bertz CT molecular complexity index is 811. The minimum Gasteiger partial charge on any atom is -0.497 e. The number of fused-ring (bicyclic) bond motifs is 1. The lowest BCUT2D eigenvalue weighted by molar-refractivity contribution is 0.415. The maximum absolute atomic E-state index is 6.24. The Morgan fingerprint density at radius 1 is 1.24 bits per heavy atom. The van der Waals surface area contributed by atoms with Gasteiger partial charge in [-0.25, -0.2) is 4.98 Å². The third-order valence-corrected chi connectivity index (χ3v) is 4.18. The molecule has 1 aromatic heterocycles. The fourth-order valence-electron chi connectivity index (χ4n) is 2.43. The number of benzene rings is 2. The van der Waals surface area contributed by atoms with Crippen LogP contribution in [0.1, 0.15) is 11.4 Å². The Balaban J connectivity index is 2.32. The summed E-state index contributed by atoms with van der Waals surface area (Å²) in [6, 6.07) is 11.6. The van der Waals surface area contributed by atoms with E-state index in [0.29, 0.717) is 5.88 Å². The van der Waals surface area contributed by atoms with Crippen LogP contribution in [0.5, 0.6) is 5.75 Å². The lowest BCUT2D eigenvalue weighted by Crippen LogP contribution is -2.01. The van der Waals surface area contributed by atoms with Gasteiger partial charge in [-0.05, 0) is 36.8 Å². The molecule has 0 N–H and O–H groups in total. The van der Waals surface area contributed by atoms with E-state index in [2.05, 4.69) is 4.98 Å². The largest absolute Gasteiger partial charge is 0.497 e. The Morgan fingerprint density at radius 2 is 2.05 bits per heavy atom.